The molecule has 8 rings (SSSR count). The van der Waals surface area contributed by atoms with Crippen LogP contribution in [0, 0.1) is 11.8 Å². The van der Waals surface area contributed by atoms with Gasteiger partial charge in [0.1, 0.15) is 20.9 Å². The summed E-state index contributed by atoms with van der Waals surface area (Å²) < 4.78 is 5.35. The van der Waals surface area contributed by atoms with Crippen molar-refractivity contribution < 1.29 is 19.4 Å². The van der Waals surface area contributed by atoms with Crippen molar-refractivity contribution in [2.45, 2.75) is 71.6 Å². The lowest BCUT2D eigenvalue weighted by Gasteiger charge is -2.37. The van der Waals surface area contributed by atoms with Gasteiger partial charge in [-0.15, -0.1) is 0 Å². The highest BCUT2D eigenvalue weighted by atomic mass is 35.5. The van der Waals surface area contributed by atoms with E-state index in [9.17, 15) is 14.7 Å². The second-order valence-electron chi connectivity index (χ2n) is 15.7. The summed E-state index contributed by atoms with van der Waals surface area (Å²) in [5, 5.41) is 14.0. The number of aliphatic imine (C=N–C) groups is 2. The van der Waals surface area contributed by atoms with Crippen molar-refractivity contribution in [2.24, 2.45) is 21.8 Å². The Morgan fingerprint density at radius 2 is 0.967 bits per heavy atom. The fraction of sp³-hybridized carbons (Fsp3) is 0.304. The van der Waals surface area contributed by atoms with E-state index >= 15 is 0 Å². The van der Waals surface area contributed by atoms with Crippen LogP contribution in [0.5, 0.6) is 0 Å². The summed E-state index contributed by atoms with van der Waals surface area (Å²) in [5.74, 6) is -1.07. The Balaban J connectivity index is 0.000000182. The average Bonchev–Trinajstić information content (AvgIpc) is 3.92. The number of amidine groups is 2. The normalized spacial score (nSPS) is 23.1. The molecule has 4 aromatic carbocycles. The van der Waals surface area contributed by atoms with Crippen LogP contribution in [0.3, 0.4) is 0 Å². The first-order chi connectivity index (χ1) is 28.5. The van der Waals surface area contributed by atoms with Gasteiger partial charge in [-0.3, -0.25) is 0 Å². The number of esters is 1. The van der Waals surface area contributed by atoms with Gasteiger partial charge in [0.05, 0.1) is 18.7 Å². The van der Waals surface area contributed by atoms with Crippen molar-refractivity contribution in [1.29, 1.82) is 0 Å². The standard InChI is InChI=1S/C24H24Cl2N2O2S.C22H20Cl2N2O2S/c1-5-30-22(29)20-19(14(2)3)28-21(15-6-10-17(25)11-7-15)24(4,27-23(28)31-20)16-8-12-18(26)13-9-16;1-12(2)17-18(20(27)28)29-21-25-22(3,14-6-10-16(24)11-7-14)19(26(17)21)13-4-8-15(23)9-5-13/h6-14,21H,5H2,1-4H3;4-12,19H,1-3H3,(H,27,28)/t21-,24+;19-,22+/m11/s1. The van der Waals surface area contributed by atoms with Crippen LogP contribution in [0.2, 0.25) is 20.1 Å². The lowest BCUT2D eigenvalue weighted by atomic mass is 9.81. The van der Waals surface area contributed by atoms with Crippen LogP contribution >= 0.6 is 69.9 Å². The third-order valence-corrected chi connectivity index (χ3v) is 14.1. The summed E-state index contributed by atoms with van der Waals surface area (Å²) in [7, 11) is 0. The molecule has 0 saturated carbocycles. The van der Waals surface area contributed by atoms with Crippen LogP contribution < -0.4 is 0 Å². The Labute approximate surface area is 379 Å². The van der Waals surface area contributed by atoms with Crippen molar-refractivity contribution in [3.8, 4) is 0 Å². The lowest BCUT2D eigenvalue weighted by Crippen LogP contribution is -2.36. The highest BCUT2D eigenvalue weighted by molar-refractivity contribution is 8.18. The number of rotatable bonds is 9. The van der Waals surface area contributed by atoms with Crippen LogP contribution in [-0.4, -0.2) is 43.8 Å². The summed E-state index contributed by atoms with van der Waals surface area (Å²) >= 11 is 27.2. The van der Waals surface area contributed by atoms with Gasteiger partial charge in [-0.05, 0) is 127 Å². The maximum absolute atomic E-state index is 12.7. The number of halogens is 4. The molecule has 14 heteroatoms. The molecule has 0 amide bonds. The summed E-state index contributed by atoms with van der Waals surface area (Å²) in [5.41, 5.74) is 4.73. The van der Waals surface area contributed by atoms with Gasteiger partial charge in [0, 0.05) is 31.5 Å². The topological polar surface area (TPSA) is 94.8 Å². The quantitative estimate of drug-likeness (QED) is 0.166. The second kappa shape index (κ2) is 17.5. The molecule has 8 nitrogen and oxygen atoms in total. The zero-order valence-electron chi connectivity index (χ0n) is 34.0. The number of benzene rings is 4. The zero-order chi connectivity index (χ0) is 43.3. The van der Waals surface area contributed by atoms with Crippen molar-refractivity contribution in [2.75, 3.05) is 6.61 Å². The van der Waals surface area contributed by atoms with Gasteiger partial charge in [-0.2, -0.15) is 0 Å². The molecule has 4 atom stereocenters. The zero-order valence-corrected chi connectivity index (χ0v) is 38.7. The largest absolute Gasteiger partial charge is 0.477 e. The van der Waals surface area contributed by atoms with E-state index in [-0.39, 0.29) is 29.9 Å². The number of thioether (sulfide) groups is 2. The molecule has 0 spiro atoms. The highest BCUT2D eigenvalue weighted by Gasteiger charge is 2.54. The number of carboxylic acids is 1. The van der Waals surface area contributed by atoms with Gasteiger partial charge >= 0.3 is 11.9 Å². The number of hydrogen-bond donors (Lipinski definition) is 1. The van der Waals surface area contributed by atoms with Gasteiger partial charge in [0.25, 0.3) is 0 Å². The van der Waals surface area contributed by atoms with E-state index in [0.717, 1.165) is 38.8 Å². The molecule has 1 N–H and O–H groups in total. The number of carbonyl (C=O) groups is 2. The Kier molecular flexibility index (Phi) is 12.9. The molecule has 0 unspecified atom stereocenters. The van der Waals surface area contributed by atoms with Crippen molar-refractivity contribution in [1.82, 2.24) is 9.80 Å². The molecule has 0 aliphatic carbocycles. The molecular formula is C46H44Cl4N4O4S2. The lowest BCUT2D eigenvalue weighted by molar-refractivity contribution is -0.137. The molecule has 0 saturated heterocycles. The molecule has 4 heterocycles. The summed E-state index contributed by atoms with van der Waals surface area (Å²) in [6, 6.07) is 30.7. The monoisotopic (exact) mass is 920 g/mol. The number of allylic oxidation sites excluding steroid dienone is 2. The molecule has 0 radical (unpaired) electrons. The molecule has 312 valence electrons. The number of ether oxygens (including phenoxy) is 1. The first-order valence-electron chi connectivity index (χ1n) is 19.5. The number of carboxylic acid groups (broad SMARTS) is 1. The molecule has 4 aliphatic rings. The fourth-order valence-corrected chi connectivity index (χ4v) is 11.4. The minimum Gasteiger partial charge on any atom is -0.477 e. The minimum atomic E-state index is -0.918. The SMILES string of the molecule is CC(C)C1=C(C(=O)O)SC2=N[C@@](C)(c3ccc(Cl)cc3)[C@@H](c3ccc(Cl)cc3)N21.CCOC(=O)C1=C(C(C)C)N2C(=N[C@@](C)(c3ccc(Cl)cc3)[C@H]2c2ccc(Cl)cc2)S1. The van der Waals surface area contributed by atoms with E-state index in [1.54, 1.807) is 0 Å². The number of aliphatic carboxylic acids is 1. The predicted molar refractivity (Wildman–Crippen MR) is 248 cm³/mol. The third kappa shape index (κ3) is 8.12. The molecule has 4 aromatic rings. The fourth-order valence-electron chi connectivity index (χ4n) is 8.32. The first-order valence-corrected chi connectivity index (χ1v) is 22.7. The Morgan fingerprint density at radius 1 is 0.633 bits per heavy atom. The van der Waals surface area contributed by atoms with Gasteiger partial charge < -0.3 is 19.6 Å². The van der Waals surface area contributed by atoms with Gasteiger partial charge in [-0.25, -0.2) is 19.6 Å². The summed E-state index contributed by atoms with van der Waals surface area (Å²) in [4.78, 5) is 40.1. The second-order valence-corrected chi connectivity index (χ2v) is 19.4. The van der Waals surface area contributed by atoms with Gasteiger partial charge in [0.15, 0.2) is 10.3 Å². The van der Waals surface area contributed by atoms with Crippen molar-refractivity contribution in [3.63, 3.8) is 0 Å². The molecule has 0 aromatic heterocycles. The molecule has 60 heavy (non-hydrogen) atoms. The highest BCUT2D eigenvalue weighted by Crippen LogP contribution is 2.58. The Morgan fingerprint density at radius 3 is 1.30 bits per heavy atom. The van der Waals surface area contributed by atoms with E-state index in [2.05, 4.69) is 37.5 Å². The third-order valence-electron chi connectivity index (χ3n) is 11.0. The molecule has 4 aliphatic heterocycles. The maximum atomic E-state index is 12.7. The van der Waals surface area contributed by atoms with Gasteiger partial charge in [0.2, 0.25) is 0 Å². The van der Waals surface area contributed by atoms with Crippen LogP contribution in [-0.2, 0) is 25.4 Å². The number of carbonyl (C=O) groups excluding carboxylic acids is 1. The predicted octanol–water partition coefficient (Wildman–Crippen LogP) is 13.1. The van der Waals surface area contributed by atoms with E-state index in [1.807, 2.05) is 118 Å². The van der Waals surface area contributed by atoms with E-state index in [1.165, 1.54) is 23.5 Å². The molecule has 0 bridgehead atoms. The van der Waals surface area contributed by atoms with E-state index < -0.39 is 17.0 Å². The maximum Gasteiger partial charge on any atom is 0.346 e. The number of nitrogens with zero attached hydrogens (tertiary/aromatic N) is 4. The van der Waals surface area contributed by atoms with Crippen LogP contribution in [0.15, 0.2) is 128 Å². The minimum absolute atomic E-state index is 0.0312. The summed E-state index contributed by atoms with van der Waals surface area (Å²) in [6.45, 7) is 14.6. The van der Waals surface area contributed by atoms with Crippen molar-refractivity contribution in [3.05, 3.63) is 161 Å². The van der Waals surface area contributed by atoms with Crippen LogP contribution in [0.25, 0.3) is 0 Å². The van der Waals surface area contributed by atoms with Crippen molar-refractivity contribution >= 4 is 92.2 Å². The smallest absolute Gasteiger partial charge is 0.346 e. The Bertz CT molecular complexity index is 2440. The van der Waals surface area contributed by atoms with Crippen LogP contribution in [0.1, 0.15) is 82.8 Å². The van der Waals surface area contributed by atoms with Crippen LogP contribution in [0.4, 0.5) is 0 Å². The average molecular weight is 923 g/mol. The number of hydrogen-bond acceptors (Lipinski definition) is 9. The van der Waals surface area contributed by atoms with E-state index in [4.69, 9.17) is 61.1 Å². The number of fused-ring (bicyclic) bond motifs is 2. The van der Waals surface area contributed by atoms with E-state index in [0.29, 0.717) is 41.7 Å². The Hall–Kier alpha value is -3.90. The molecular weight excluding hydrogens is 878 g/mol. The molecule has 0 fully saturated rings. The van der Waals surface area contributed by atoms with Gasteiger partial charge in [-0.1, -0.05) is 123 Å². The first kappa shape index (κ1) is 44.2. The summed E-state index contributed by atoms with van der Waals surface area (Å²) in [6.07, 6.45) is 0.